The van der Waals surface area contributed by atoms with Crippen LogP contribution in [0.25, 0.3) is 17.0 Å². The fraction of sp³-hybridized carbons (Fsp3) is 0.471. The summed E-state index contributed by atoms with van der Waals surface area (Å²) in [5, 5.41) is 13.4. The Labute approximate surface area is 293 Å². The van der Waals surface area contributed by atoms with Crippen molar-refractivity contribution in [3.05, 3.63) is 71.0 Å². The van der Waals surface area contributed by atoms with E-state index in [1.165, 1.54) is 23.5 Å². The molecule has 16 heteroatoms. The topological polar surface area (TPSA) is 156 Å². The summed E-state index contributed by atoms with van der Waals surface area (Å²) in [6, 6.07) is 3.93. The molecule has 0 saturated heterocycles. The number of nitrogens with one attached hydrogen (secondary N) is 2. The minimum Gasteiger partial charge on any atom is -0.447 e. The highest BCUT2D eigenvalue weighted by Gasteiger charge is 2.63. The van der Waals surface area contributed by atoms with Crippen molar-refractivity contribution >= 4 is 35.1 Å². The van der Waals surface area contributed by atoms with Crippen molar-refractivity contribution in [2.45, 2.75) is 85.0 Å². The van der Waals surface area contributed by atoms with Crippen LogP contribution in [0.2, 0.25) is 5.02 Å². The third kappa shape index (κ3) is 7.14. The first-order valence-corrected chi connectivity index (χ1v) is 16.3. The second kappa shape index (κ2) is 13.2. The van der Waals surface area contributed by atoms with Gasteiger partial charge in [-0.3, -0.25) is 14.8 Å². The van der Waals surface area contributed by atoms with Crippen molar-refractivity contribution in [1.82, 2.24) is 35.2 Å². The van der Waals surface area contributed by atoms with Gasteiger partial charge in [0.05, 0.1) is 22.7 Å². The molecule has 2 aromatic heterocycles. The molecule has 3 heterocycles. The van der Waals surface area contributed by atoms with E-state index < -0.39 is 52.3 Å². The second-order valence-electron chi connectivity index (χ2n) is 15.0. The first kappa shape index (κ1) is 36.6. The number of carbonyl (C=O) groups is 2. The van der Waals surface area contributed by atoms with Crippen molar-refractivity contribution in [2.24, 2.45) is 21.6 Å². The molecule has 1 aliphatic carbocycles. The monoisotopic (exact) mass is 715 g/mol. The Morgan fingerprint density at radius 3 is 2.52 bits per heavy atom. The van der Waals surface area contributed by atoms with Crippen LogP contribution in [0.15, 0.2) is 59.9 Å². The minimum absolute atomic E-state index is 0.0112. The van der Waals surface area contributed by atoms with Crippen LogP contribution >= 0.6 is 11.6 Å². The predicted octanol–water partition coefficient (Wildman–Crippen LogP) is 6.96. The average molecular weight is 716 g/mol. The van der Waals surface area contributed by atoms with E-state index in [2.05, 4.69) is 25.6 Å². The molecule has 268 valence electrons. The first-order chi connectivity index (χ1) is 23.2. The van der Waals surface area contributed by atoms with E-state index in [-0.39, 0.29) is 25.4 Å². The summed E-state index contributed by atoms with van der Waals surface area (Å²) in [6.07, 6.45) is 5.94. The molecule has 1 unspecified atom stereocenters. The van der Waals surface area contributed by atoms with E-state index in [9.17, 15) is 13.6 Å². The highest BCUT2D eigenvalue weighted by atomic mass is 35.5. The number of carbonyl (C=O) groups excluding carboxylic acids is 2. The van der Waals surface area contributed by atoms with Gasteiger partial charge in [0.1, 0.15) is 18.8 Å². The van der Waals surface area contributed by atoms with Gasteiger partial charge < -0.3 is 15.8 Å². The van der Waals surface area contributed by atoms with Crippen LogP contribution in [-0.2, 0) is 9.53 Å². The lowest BCUT2D eigenvalue weighted by Crippen LogP contribution is -2.56. The maximum absolute atomic E-state index is 16.7. The van der Waals surface area contributed by atoms with Gasteiger partial charge in [-0.1, -0.05) is 51.4 Å². The van der Waals surface area contributed by atoms with Gasteiger partial charge in [-0.05, 0) is 68.4 Å². The molecule has 0 bridgehead atoms. The molecule has 5 rings (SSSR count). The van der Waals surface area contributed by atoms with E-state index in [0.29, 0.717) is 37.8 Å². The smallest absolute Gasteiger partial charge is 0.407 e. The zero-order valence-corrected chi connectivity index (χ0v) is 29.6. The number of hydrogen-bond acceptors (Lipinski definition) is 8. The Hall–Kier alpha value is -4.66. The number of nitrogens with two attached hydrogens (primary N) is 1. The van der Waals surface area contributed by atoms with Gasteiger partial charge in [0.25, 0.3) is 5.91 Å². The molecule has 4 N–H and O–H groups in total. The molecule has 2 amide bonds. The lowest BCUT2D eigenvalue weighted by atomic mass is 9.60. The molecule has 0 radical (unpaired) electrons. The summed E-state index contributed by atoms with van der Waals surface area (Å²) < 4.78 is 49.3. The Morgan fingerprint density at radius 1 is 1.22 bits per heavy atom. The maximum atomic E-state index is 16.7. The molecule has 50 heavy (non-hydrogen) atoms. The predicted molar refractivity (Wildman–Crippen MR) is 182 cm³/mol. The Bertz CT molecular complexity index is 1860. The molecule has 12 nitrogen and oxygen atoms in total. The highest BCUT2D eigenvalue weighted by Crippen LogP contribution is 2.56. The number of ether oxygens (including phenoxy) is 1. The largest absolute Gasteiger partial charge is 0.447 e. The summed E-state index contributed by atoms with van der Waals surface area (Å²) in [6.45, 7) is 9.50. The van der Waals surface area contributed by atoms with Gasteiger partial charge in [-0.2, -0.15) is 19.0 Å². The number of aromatic amines is 1. The lowest BCUT2D eigenvalue weighted by molar-refractivity contribution is -0.139. The van der Waals surface area contributed by atoms with Crippen molar-refractivity contribution in [2.75, 3.05) is 6.61 Å². The number of halogens is 4. The standard InChI is InChI=1S/C34H41ClF3N9O3/c1-31(2,3)17-34(33(7)11-10-19(13-25(33)36)21-14-42-46(15-21)28(37)38)27(48)47(29(39)43-34)24(16-50-30(49)44-32(4,5)6)20-8-9-23(35)22(12-20)26-40-18-41-45-26/h8-10,12-15,18,24,28H,11,16-17H2,1-7H3,(H2,39,43)(H,44,49)(H,40,41,45)/t24-,33?,34+/m1/s1. The normalized spacial score (nSPS) is 22.0. The fourth-order valence-electron chi connectivity index (χ4n) is 6.35. The van der Waals surface area contributed by atoms with Gasteiger partial charge >= 0.3 is 12.6 Å². The van der Waals surface area contributed by atoms with Crippen molar-refractivity contribution in [1.29, 1.82) is 0 Å². The lowest BCUT2D eigenvalue weighted by Gasteiger charge is -2.46. The van der Waals surface area contributed by atoms with E-state index in [0.717, 1.165) is 6.20 Å². The number of rotatable bonds is 9. The van der Waals surface area contributed by atoms with Gasteiger partial charge in [-0.25, -0.2) is 23.8 Å². The summed E-state index contributed by atoms with van der Waals surface area (Å²) in [5.74, 6) is -1.10. The van der Waals surface area contributed by atoms with Crippen LogP contribution in [0.1, 0.15) is 85.0 Å². The number of guanidine groups is 1. The maximum Gasteiger partial charge on any atom is 0.407 e. The van der Waals surface area contributed by atoms with Crippen LogP contribution in [0, 0.1) is 10.8 Å². The third-order valence-electron chi connectivity index (χ3n) is 8.70. The summed E-state index contributed by atoms with van der Waals surface area (Å²) in [7, 11) is 0. The van der Waals surface area contributed by atoms with E-state index in [1.54, 1.807) is 52.0 Å². The van der Waals surface area contributed by atoms with E-state index in [4.69, 9.17) is 27.1 Å². The Balaban J connectivity index is 1.58. The molecule has 3 atom stereocenters. The number of allylic oxidation sites excluding steroid dienone is 3. The second-order valence-corrected chi connectivity index (χ2v) is 15.4. The van der Waals surface area contributed by atoms with Crippen LogP contribution in [-0.4, -0.2) is 65.5 Å². The average Bonchev–Trinajstić information content (AvgIpc) is 3.76. The summed E-state index contributed by atoms with van der Waals surface area (Å²) in [4.78, 5) is 38.2. The first-order valence-electron chi connectivity index (χ1n) is 15.9. The Kier molecular flexibility index (Phi) is 9.69. The Morgan fingerprint density at radius 2 is 1.94 bits per heavy atom. The van der Waals surface area contributed by atoms with E-state index >= 15 is 9.18 Å². The third-order valence-corrected chi connectivity index (χ3v) is 9.03. The highest BCUT2D eigenvalue weighted by molar-refractivity contribution is 6.33. The molecule has 3 aromatic rings. The number of alkyl halides is 2. The van der Waals surface area contributed by atoms with Crippen molar-refractivity contribution in [3.63, 3.8) is 0 Å². The number of H-pyrrole nitrogens is 1. The SMILES string of the molecule is CC(C)(C)C[C@]1(C2(C)CC=C(c3cnn(C(F)F)c3)C=C2F)N=C(N)N([C@H](COC(=O)NC(C)(C)C)c2ccc(Cl)c(-c3ncn[nH]3)c2)C1=O. The number of aliphatic imine (C=N–C) groups is 1. The fourth-order valence-corrected chi connectivity index (χ4v) is 6.56. The summed E-state index contributed by atoms with van der Waals surface area (Å²) >= 11 is 6.53. The van der Waals surface area contributed by atoms with Crippen LogP contribution in [0.3, 0.4) is 0 Å². The van der Waals surface area contributed by atoms with Gasteiger partial charge in [-0.15, -0.1) is 0 Å². The van der Waals surface area contributed by atoms with Gasteiger partial charge in [0.15, 0.2) is 17.3 Å². The quantitative estimate of drug-likeness (QED) is 0.216. The molecule has 0 saturated carbocycles. The zero-order valence-electron chi connectivity index (χ0n) is 28.9. The number of nitrogens with zero attached hydrogens (tertiary/aromatic N) is 6. The molecule has 0 spiro atoms. The number of hydrogen-bond donors (Lipinski definition) is 3. The zero-order chi connectivity index (χ0) is 36.8. The molecule has 2 aliphatic rings. The molecule has 0 fully saturated rings. The van der Waals surface area contributed by atoms with Crippen LogP contribution in [0.5, 0.6) is 0 Å². The number of benzene rings is 1. The van der Waals surface area contributed by atoms with E-state index in [1.807, 2.05) is 20.8 Å². The van der Waals surface area contributed by atoms with Crippen molar-refractivity contribution in [3.8, 4) is 11.4 Å². The van der Waals surface area contributed by atoms with Crippen LogP contribution < -0.4 is 11.1 Å². The van der Waals surface area contributed by atoms with Crippen molar-refractivity contribution < 1.29 is 27.5 Å². The number of amides is 2. The number of alkyl carbamates (subject to hydrolysis) is 1. The molecule has 1 aliphatic heterocycles. The molecule has 1 aromatic carbocycles. The van der Waals surface area contributed by atoms with Gasteiger partial charge in [0, 0.05) is 22.9 Å². The number of aromatic nitrogens is 5. The minimum atomic E-state index is -2.86. The van der Waals surface area contributed by atoms with Gasteiger partial charge in [0.2, 0.25) is 0 Å². The molecular weight excluding hydrogens is 675 g/mol. The summed E-state index contributed by atoms with van der Waals surface area (Å²) in [5.41, 5.74) is 3.76. The van der Waals surface area contributed by atoms with Crippen LogP contribution in [0.4, 0.5) is 18.0 Å². The molecular formula is C34H41ClF3N9O3.